The van der Waals surface area contributed by atoms with Gasteiger partial charge in [0, 0.05) is 6.92 Å². The summed E-state index contributed by atoms with van der Waals surface area (Å²) < 4.78 is 4.63. The van der Waals surface area contributed by atoms with Gasteiger partial charge in [-0.1, -0.05) is 77.6 Å². The van der Waals surface area contributed by atoms with Gasteiger partial charge < -0.3 is 10.1 Å². The van der Waals surface area contributed by atoms with Gasteiger partial charge in [-0.3, -0.25) is 4.79 Å². The van der Waals surface area contributed by atoms with Crippen molar-refractivity contribution in [2.75, 3.05) is 7.11 Å². The van der Waals surface area contributed by atoms with Crippen LogP contribution in [-0.4, -0.2) is 25.0 Å². The lowest BCUT2D eigenvalue weighted by Gasteiger charge is -2.12. The molecule has 132 valence electrons. The average molecular weight is 323 g/mol. The van der Waals surface area contributed by atoms with E-state index in [1.54, 1.807) is 0 Å². The van der Waals surface area contributed by atoms with Crippen molar-refractivity contribution < 1.29 is 14.3 Å². The number of nitrogens with one attached hydrogen (secondary N) is 1. The highest BCUT2D eigenvalue weighted by Crippen LogP contribution is 2.04. The van der Waals surface area contributed by atoms with E-state index in [0.29, 0.717) is 6.42 Å². The van der Waals surface area contributed by atoms with Gasteiger partial charge in [0.25, 0.3) is 0 Å². The van der Waals surface area contributed by atoms with Crippen molar-refractivity contribution in [1.82, 2.24) is 5.32 Å². The molecular weight excluding hydrogens is 290 g/mol. The molecule has 1 N–H and O–H groups in total. The van der Waals surface area contributed by atoms with Crippen LogP contribution in [0.5, 0.6) is 0 Å². The molecule has 0 aromatic heterocycles. The molecule has 0 saturated carbocycles. The Hall–Kier alpha value is -2.10. The lowest BCUT2D eigenvalue weighted by Crippen LogP contribution is -2.39. The zero-order chi connectivity index (χ0) is 17.4. The van der Waals surface area contributed by atoms with E-state index >= 15 is 0 Å². The van der Waals surface area contributed by atoms with E-state index in [2.05, 4.69) is 10.1 Å². The predicted molar refractivity (Wildman–Crippen MR) is 99.1 cm³/mol. The first-order valence-electron chi connectivity index (χ1n) is 7.70. The molecule has 0 aliphatic rings. The summed E-state index contributed by atoms with van der Waals surface area (Å²) in [6.45, 7) is 9.37. The highest BCUT2D eigenvalue weighted by Gasteiger charge is 2.17. The summed E-state index contributed by atoms with van der Waals surface area (Å²) in [6, 6.07) is 9.10. The van der Waals surface area contributed by atoms with Gasteiger partial charge in [-0.2, -0.15) is 0 Å². The van der Waals surface area contributed by atoms with Crippen LogP contribution < -0.4 is 5.32 Å². The van der Waals surface area contributed by atoms with Gasteiger partial charge in [0.2, 0.25) is 5.91 Å². The minimum atomic E-state index is -0.632. The van der Waals surface area contributed by atoms with Crippen molar-refractivity contribution in [2.45, 2.75) is 54.5 Å². The SMILES string of the molecule is C.CC.CC.COC(=O)C(C/C=C/c1ccccc1)NC(C)=O. The third-order valence-electron chi connectivity index (χ3n) is 2.34. The monoisotopic (exact) mass is 323 g/mol. The van der Waals surface area contributed by atoms with Crippen LogP contribution in [0.2, 0.25) is 0 Å². The van der Waals surface area contributed by atoms with Crippen LogP contribution in [0.4, 0.5) is 0 Å². The molecule has 0 fully saturated rings. The minimum absolute atomic E-state index is 0. The third kappa shape index (κ3) is 13.3. The number of carbonyl (C=O) groups excluding carboxylic acids is 2. The summed E-state index contributed by atoms with van der Waals surface area (Å²) in [4.78, 5) is 22.4. The summed E-state index contributed by atoms with van der Waals surface area (Å²) in [7, 11) is 1.30. The molecule has 4 nitrogen and oxygen atoms in total. The molecule has 0 aliphatic heterocycles. The standard InChI is InChI=1S/C14H17NO3.2C2H6.CH4/c1-11(16)15-13(14(17)18-2)10-6-9-12-7-4-3-5-8-12;2*1-2;/h3-9,13H,10H2,1-2H3,(H,15,16);2*1-2H3;1H4/b9-6+;;;. The molecule has 4 heteroatoms. The first-order valence-corrected chi connectivity index (χ1v) is 7.70. The number of amides is 1. The van der Waals surface area contributed by atoms with E-state index in [-0.39, 0.29) is 13.3 Å². The van der Waals surface area contributed by atoms with E-state index in [1.165, 1.54) is 14.0 Å². The summed E-state index contributed by atoms with van der Waals surface area (Å²) in [5.41, 5.74) is 1.05. The first-order chi connectivity index (χ1) is 10.6. The number of carbonyl (C=O) groups is 2. The predicted octanol–water partition coefficient (Wildman–Crippen LogP) is 4.46. The molecule has 1 rings (SSSR count). The summed E-state index contributed by atoms with van der Waals surface area (Å²) in [6.07, 6.45) is 4.14. The fourth-order valence-corrected chi connectivity index (χ4v) is 1.51. The van der Waals surface area contributed by atoms with Gasteiger partial charge in [0.1, 0.15) is 6.04 Å². The van der Waals surface area contributed by atoms with Crippen LogP contribution in [0, 0.1) is 0 Å². The van der Waals surface area contributed by atoms with Crippen molar-refractivity contribution in [3.05, 3.63) is 42.0 Å². The largest absolute Gasteiger partial charge is 0.467 e. The second kappa shape index (κ2) is 18.0. The molecule has 0 aliphatic carbocycles. The zero-order valence-electron chi connectivity index (χ0n) is 14.6. The number of methoxy groups -OCH3 is 1. The maximum absolute atomic E-state index is 11.4. The summed E-state index contributed by atoms with van der Waals surface area (Å²) in [5.74, 6) is -0.693. The Balaban J connectivity index is -0.000000739. The maximum Gasteiger partial charge on any atom is 0.328 e. The van der Waals surface area contributed by atoms with Crippen LogP contribution in [-0.2, 0) is 14.3 Å². The summed E-state index contributed by atoms with van der Waals surface area (Å²) in [5, 5.41) is 2.55. The van der Waals surface area contributed by atoms with Crippen LogP contribution in [0.1, 0.15) is 54.0 Å². The topological polar surface area (TPSA) is 55.4 Å². The maximum atomic E-state index is 11.4. The molecule has 1 aromatic carbocycles. The Labute approximate surface area is 141 Å². The second-order valence-corrected chi connectivity index (χ2v) is 3.83. The van der Waals surface area contributed by atoms with Gasteiger partial charge in [-0.25, -0.2) is 4.79 Å². The molecule has 0 bridgehead atoms. The van der Waals surface area contributed by atoms with E-state index in [0.717, 1.165) is 5.56 Å². The zero-order valence-corrected chi connectivity index (χ0v) is 14.6. The molecule has 1 amide bonds. The number of hydrogen-bond donors (Lipinski definition) is 1. The minimum Gasteiger partial charge on any atom is -0.467 e. The summed E-state index contributed by atoms with van der Waals surface area (Å²) >= 11 is 0. The van der Waals surface area contributed by atoms with E-state index < -0.39 is 12.0 Å². The fraction of sp³-hybridized carbons (Fsp3) is 0.474. The van der Waals surface area contributed by atoms with E-state index in [1.807, 2.05) is 70.2 Å². The van der Waals surface area contributed by atoms with Crippen LogP contribution in [0.3, 0.4) is 0 Å². The normalized spacial score (nSPS) is 10.0. The van der Waals surface area contributed by atoms with Gasteiger partial charge in [-0.15, -0.1) is 0 Å². The molecule has 1 atom stereocenters. The van der Waals surface area contributed by atoms with Crippen molar-refractivity contribution >= 4 is 18.0 Å². The molecule has 1 aromatic rings. The van der Waals surface area contributed by atoms with E-state index in [4.69, 9.17) is 0 Å². The van der Waals surface area contributed by atoms with Crippen molar-refractivity contribution in [3.63, 3.8) is 0 Å². The Morgan fingerprint density at radius 3 is 2.09 bits per heavy atom. The average Bonchev–Trinajstić information content (AvgIpc) is 2.57. The smallest absolute Gasteiger partial charge is 0.328 e. The number of ether oxygens (including phenoxy) is 1. The lowest BCUT2D eigenvalue weighted by molar-refractivity contribution is -0.144. The molecule has 1 unspecified atom stereocenters. The highest BCUT2D eigenvalue weighted by molar-refractivity contribution is 5.83. The van der Waals surface area contributed by atoms with Gasteiger partial charge in [-0.05, 0) is 12.0 Å². The Bertz CT molecular complexity index is 428. The van der Waals surface area contributed by atoms with Crippen molar-refractivity contribution in [2.24, 2.45) is 0 Å². The molecular formula is C19H33NO3. The molecule has 0 saturated heterocycles. The number of esters is 1. The molecule has 23 heavy (non-hydrogen) atoms. The second-order valence-electron chi connectivity index (χ2n) is 3.83. The van der Waals surface area contributed by atoms with Crippen LogP contribution in [0.15, 0.2) is 36.4 Å². The Kier molecular flexibility index (Phi) is 20.2. The molecule has 0 radical (unpaired) electrons. The molecule has 0 heterocycles. The first kappa shape index (κ1) is 25.8. The number of hydrogen-bond acceptors (Lipinski definition) is 3. The third-order valence-corrected chi connectivity index (χ3v) is 2.34. The van der Waals surface area contributed by atoms with E-state index in [9.17, 15) is 9.59 Å². The van der Waals surface area contributed by atoms with Crippen molar-refractivity contribution in [1.29, 1.82) is 0 Å². The Morgan fingerprint density at radius 2 is 1.65 bits per heavy atom. The lowest BCUT2D eigenvalue weighted by atomic mass is 10.1. The van der Waals surface area contributed by atoms with Crippen molar-refractivity contribution in [3.8, 4) is 0 Å². The quantitative estimate of drug-likeness (QED) is 0.814. The molecule has 0 spiro atoms. The van der Waals surface area contributed by atoms with Gasteiger partial charge >= 0.3 is 5.97 Å². The number of benzene rings is 1. The highest BCUT2D eigenvalue weighted by atomic mass is 16.5. The number of rotatable bonds is 5. The fourth-order valence-electron chi connectivity index (χ4n) is 1.51. The Morgan fingerprint density at radius 1 is 1.13 bits per heavy atom. The van der Waals surface area contributed by atoms with Crippen LogP contribution >= 0.6 is 0 Å². The van der Waals surface area contributed by atoms with Gasteiger partial charge in [0.05, 0.1) is 7.11 Å². The van der Waals surface area contributed by atoms with Crippen LogP contribution in [0.25, 0.3) is 6.08 Å². The van der Waals surface area contributed by atoms with Gasteiger partial charge in [0.15, 0.2) is 0 Å².